The number of allylic oxidation sites excluding steroid dienone is 1. The quantitative estimate of drug-likeness (QED) is 0.319. The van der Waals surface area contributed by atoms with Crippen LogP contribution in [0.15, 0.2) is 35.5 Å². The smallest absolute Gasteiger partial charge is 0.334 e. The van der Waals surface area contributed by atoms with Crippen molar-refractivity contribution in [3.8, 4) is 0 Å². The van der Waals surface area contributed by atoms with Crippen LogP contribution in [0, 0.1) is 5.92 Å². The molecular formula is C22H28O8. The maximum Gasteiger partial charge on any atom is 0.334 e. The van der Waals surface area contributed by atoms with Gasteiger partial charge in [0.1, 0.15) is 23.9 Å². The van der Waals surface area contributed by atoms with Gasteiger partial charge in [-0.05, 0) is 39.3 Å². The Morgan fingerprint density at radius 3 is 2.50 bits per heavy atom. The first-order chi connectivity index (χ1) is 13.9. The van der Waals surface area contributed by atoms with Gasteiger partial charge in [0.2, 0.25) is 0 Å². The van der Waals surface area contributed by atoms with Crippen molar-refractivity contribution in [2.75, 3.05) is 0 Å². The second-order valence-corrected chi connectivity index (χ2v) is 7.95. The molecule has 0 aromatic heterocycles. The molecule has 2 rings (SSSR count). The lowest BCUT2D eigenvalue weighted by molar-refractivity contribution is -0.158. The highest BCUT2D eigenvalue weighted by Gasteiger charge is 2.49. The van der Waals surface area contributed by atoms with Crippen LogP contribution in [-0.4, -0.2) is 52.7 Å². The number of carbonyl (C=O) groups excluding carboxylic acids is 4. The van der Waals surface area contributed by atoms with Crippen LogP contribution in [0.5, 0.6) is 0 Å². The van der Waals surface area contributed by atoms with E-state index in [9.17, 15) is 24.3 Å². The summed E-state index contributed by atoms with van der Waals surface area (Å²) in [6, 6.07) is 0. The lowest BCUT2D eigenvalue weighted by Crippen LogP contribution is -2.46. The van der Waals surface area contributed by atoms with Crippen LogP contribution >= 0.6 is 0 Å². The normalized spacial score (nSPS) is 34.4. The summed E-state index contributed by atoms with van der Waals surface area (Å²) in [5, 5.41) is 10.9. The van der Waals surface area contributed by atoms with Crippen LogP contribution < -0.4 is 0 Å². The third-order valence-electron chi connectivity index (χ3n) is 5.49. The zero-order valence-electron chi connectivity index (χ0n) is 17.9. The third kappa shape index (κ3) is 5.05. The monoisotopic (exact) mass is 420 g/mol. The summed E-state index contributed by atoms with van der Waals surface area (Å²) in [6.07, 6.45) is -0.201. The summed E-state index contributed by atoms with van der Waals surface area (Å²) < 4.78 is 16.2. The predicted octanol–water partition coefficient (Wildman–Crippen LogP) is 1.95. The molecule has 1 aliphatic carbocycles. The van der Waals surface area contributed by atoms with Gasteiger partial charge in [0.25, 0.3) is 0 Å². The molecule has 164 valence electrons. The molecule has 8 nitrogen and oxygen atoms in total. The molecule has 0 radical (unpaired) electrons. The number of Topliss-reactive ketones (excluding diaryl/α,β-unsaturated/α-hetero) is 1. The number of carbonyl (C=O) groups is 4. The zero-order chi connectivity index (χ0) is 22.8. The van der Waals surface area contributed by atoms with Gasteiger partial charge in [-0.1, -0.05) is 12.7 Å². The Morgan fingerprint density at radius 2 is 1.93 bits per heavy atom. The molecule has 0 amide bonds. The highest BCUT2D eigenvalue weighted by atomic mass is 16.6. The average Bonchev–Trinajstić information content (AvgIpc) is 2.91. The first kappa shape index (κ1) is 23.5. The van der Waals surface area contributed by atoms with Gasteiger partial charge >= 0.3 is 17.9 Å². The molecule has 0 saturated carbocycles. The Hall–Kier alpha value is -2.74. The predicted molar refractivity (Wildman–Crippen MR) is 106 cm³/mol. The molecule has 1 aliphatic heterocycles. The van der Waals surface area contributed by atoms with E-state index in [-0.39, 0.29) is 18.4 Å². The van der Waals surface area contributed by atoms with Crippen molar-refractivity contribution in [3.63, 3.8) is 0 Å². The van der Waals surface area contributed by atoms with Gasteiger partial charge in [0.15, 0.2) is 5.78 Å². The molecule has 1 fully saturated rings. The van der Waals surface area contributed by atoms with Crippen molar-refractivity contribution in [1.29, 1.82) is 0 Å². The van der Waals surface area contributed by atoms with E-state index in [1.807, 2.05) is 0 Å². The van der Waals surface area contributed by atoms with Gasteiger partial charge in [-0.3, -0.25) is 9.59 Å². The fourth-order valence-electron chi connectivity index (χ4n) is 3.53. The summed E-state index contributed by atoms with van der Waals surface area (Å²) in [6.45, 7) is 11.2. The summed E-state index contributed by atoms with van der Waals surface area (Å²) >= 11 is 0. The Morgan fingerprint density at radius 1 is 1.30 bits per heavy atom. The van der Waals surface area contributed by atoms with Crippen LogP contribution in [0.4, 0.5) is 0 Å². The molecule has 1 saturated heterocycles. The van der Waals surface area contributed by atoms with E-state index < -0.39 is 53.5 Å². The van der Waals surface area contributed by atoms with Gasteiger partial charge in [-0.15, -0.1) is 0 Å². The Balaban J connectivity index is 2.55. The van der Waals surface area contributed by atoms with Crippen molar-refractivity contribution in [2.45, 2.75) is 71.4 Å². The first-order valence-corrected chi connectivity index (χ1v) is 9.72. The SMILES string of the molecule is C=C1C(=O)O[C@@H]2/C=C(\C)[C@H](OC(C)=O)CC(=O)[C@@](C)(O)C[C@@H](OC(=O)/C(C)=C\C)[C@@H]12. The van der Waals surface area contributed by atoms with E-state index in [1.54, 1.807) is 32.9 Å². The molecule has 30 heavy (non-hydrogen) atoms. The van der Waals surface area contributed by atoms with Crippen LogP contribution in [0.3, 0.4) is 0 Å². The highest BCUT2D eigenvalue weighted by Crippen LogP contribution is 2.38. The molecule has 0 aromatic carbocycles. The van der Waals surface area contributed by atoms with Gasteiger partial charge in [-0.2, -0.15) is 0 Å². The largest absolute Gasteiger partial charge is 0.458 e. The maximum atomic E-state index is 12.8. The van der Waals surface area contributed by atoms with Crippen LogP contribution in [0.25, 0.3) is 0 Å². The topological polar surface area (TPSA) is 116 Å². The van der Waals surface area contributed by atoms with Gasteiger partial charge < -0.3 is 19.3 Å². The van der Waals surface area contributed by atoms with E-state index in [4.69, 9.17) is 14.2 Å². The summed E-state index contributed by atoms with van der Waals surface area (Å²) in [4.78, 5) is 48.9. The van der Waals surface area contributed by atoms with Crippen molar-refractivity contribution in [3.05, 3.63) is 35.5 Å². The molecule has 0 bridgehead atoms. The highest BCUT2D eigenvalue weighted by molar-refractivity contribution is 5.92. The van der Waals surface area contributed by atoms with Crippen molar-refractivity contribution in [1.82, 2.24) is 0 Å². The maximum absolute atomic E-state index is 12.8. The Kier molecular flexibility index (Phi) is 7.02. The summed E-state index contributed by atoms with van der Waals surface area (Å²) in [7, 11) is 0. The standard InChI is InChI=1S/C22H28O8/c1-7-11(2)20(25)30-17-10-22(6,27)18(24)9-15(28-14(5)23)12(3)8-16-19(17)13(4)21(26)29-16/h7-8,15-17,19,27H,4,9-10H2,1-3,5-6H3/b11-7-,12-8+/t15-,16-,17-,19+,22+/m1/s1. The van der Waals surface area contributed by atoms with Crippen LogP contribution in [-0.2, 0) is 33.4 Å². The summed E-state index contributed by atoms with van der Waals surface area (Å²) in [5.74, 6) is -3.27. The fourth-order valence-corrected chi connectivity index (χ4v) is 3.53. The molecule has 1 heterocycles. The van der Waals surface area contributed by atoms with Crippen molar-refractivity contribution >= 4 is 23.7 Å². The van der Waals surface area contributed by atoms with Crippen molar-refractivity contribution in [2.24, 2.45) is 5.92 Å². The van der Waals surface area contributed by atoms with E-state index >= 15 is 0 Å². The number of esters is 3. The fraction of sp³-hybridized carbons (Fsp3) is 0.545. The summed E-state index contributed by atoms with van der Waals surface area (Å²) in [5.41, 5.74) is -1.01. The second-order valence-electron chi connectivity index (χ2n) is 7.95. The average molecular weight is 420 g/mol. The number of aliphatic hydroxyl groups is 1. The van der Waals surface area contributed by atoms with Crippen molar-refractivity contribution < 1.29 is 38.5 Å². The van der Waals surface area contributed by atoms with E-state index in [1.165, 1.54) is 13.8 Å². The second kappa shape index (κ2) is 8.95. The molecule has 0 spiro atoms. The third-order valence-corrected chi connectivity index (χ3v) is 5.49. The minimum atomic E-state index is -1.90. The number of rotatable bonds is 3. The molecule has 0 unspecified atom stereocenters. The van der Waals surface area contributed by atoms with Crippen LogP contribution in [0.2, 0.25) is 0 Å². The molecule has 0 aromatic rings. The Bertz CT molecular complexity index is 832. The molecule has 2 aliphatic rings. The molecule has 1 N–H and O–H groups in total. The van der Waals surface area contributed by atoms with E-state index in [0.29, 0.717) is 11.1 Å². The minimum Gasteiger partial charge on any atom is -0.458 e. The lowest BCUT2D eigenvalue weighted by atomic mass is 9.79. The van der Waals surface area contributed by atoms with E-state index in [0.717, 1.165) is 0 Å². The molecular weight excluding hydrogens is 392 g/mol. The number of hydrogen-bond donors (Lipinski definition) is 1. The lowest BCUT2D eigenvalue weighted by Gasteiger charge is -2.34. The van der Waals surface area contributed by atoms with Gasteiger partial charge in [0, 0.05) is 24.5 Å². The number of ether oxygens (including phenoxy) is 3. The number of hydrogen-bond acceptors (Lipinski definition) is 8. The molecule has 8 heteroatoms. The zero-order valence-corrected chi connectivity index (χ0v) is 17.9. The van der Waals surface area contributed by atoms with Gasteiger partial charge in [0.05, 0.1) is 12.3 Å². The first-order valence-electron chi connectivity index (χ1n) is 9.72. The minimum absolute atomic E-state index is 0.0767. The van der Waals surface area contributed by atoms with Crippen LogP contribution in [0.1, 0.15) is 47.5 Å². The number of ketones is 1. The number of fused-ring (bicyclic) bond motifs is 1. The molecule has 5 atom stereocenters. The van der Waals surface area contributed by atoms with E-state index in [2.05, 4.69) is 6.58 Å². The Labute approximate surface area is 175 Å². The van der Waals surface area contributed by atoms with Gasteiger partial charge in [-0.25, -0.2) is 9.59 Å².